The molecule has 0 unspecified atom stereocenters. The third-order valence-electron chi connectivity index (χ3n) is 2.03. The van der Waals surface area contributed by atoms with E-state index in [0.717, 1.165) is 9.88 Å². The van der Waals surface area contributed by atoms with Crippen LogP contribution in [0.25, 0.3) is 0 Å². The molecule has 0 aliphatic carbocycles. The van der Waals surface area contributed by atoms with Gasteiger partial charge in [0.05, 0.1) is 16.6 Å². The van der Waals surface area contributed by atoms with Crippen molar-refractivity contribution in [2.75, 3.05) is 11.1 Å². The Morgan fingerprint density at radius 3 is 2.82 bits per heavy atom. The number of nitrogens with one attached hydrogen (secondary N) is 1. The molecular formula is C10H10Cl2N4S. The Bertz CT molecular complexity index is 541. The van der Waals surface area contributed by atoms with Crippen molar-refractivity contribution in [1.82, 2.24) is 9.97 Å². The molecular weight excluding hydrogens is 279 g/mol. The molecule has 0 fully saturated rings. The van der Waals surface area contributed by atoms with Crippen LogP contribution in [-0.4, -0.2) is 9.97 Å². The summed E-state index contributed by atoms with van der Waals surface area (Å²) in [5.41, 5.74) is 5.61. The maximum atomic E-state index is 5.99. The van der Waals surface area contributed by atoms with Crippen LogP contribution in [0.1, 0.15) is 9.88 Å². The highest BCUT2D eigenvalue weighted by Crippen LogP contribution is 2.27. The summed E-state index contributed by atoms with van der Waals surface area (Å²) in [6.07, 6.45) is 1.83. The molecule has 0 bridgehead atoms. The SMILES string of the molecule is Cc1cnc(CNc2nc(N)c(Cl)cc2Cl)s1. The minimum Gasteiger partial charge on any atom is -0.382 e. The van der Waals surface area contributed by atoms with Gasteiger partial charge in [-0.05, 0) is 13.0 Å². The number of nitrogens with two attached hydrogens (primary N) is 1. The number of nitrogens with zero attached hydrogens (tertiary/aromatic N) is 2. The molecule has 0 amide bonds. The number of aromatic nitrogens is 2. The number of aryl methyl sites for hydroxylation is 1. The van der Waals surface area contributed by atoms with Crippen molar-refractivity contribution in [2.45, 2.75) is 13.5 Å². The molecule has 4 nitrogen and oxygen atoms in total. The largest absolute Gasteiger partial charge is 0.382 e. The minimum absolute atomic E-state index is 0.258. The van der Waals surface area contributed by atoms with Crippen LogP contribution in [0.5, 0.6) is 0 Å². The smallest absolute Gasteiger partial charge is 0.147 e. The van der Waals surface area contributed by atoms with Gasteiger partial charge < -0.3 is 11.1 Å². The Morgan fingerprint density at radius 1 is 1.41 bits per heavy atom. The van der Waals surface area contributed by atoms with Crippen molar-refractivity contribution < 1.29 is 0 Å². The molecule has 0 spiro atoms. The maximum Gasteiger partial charge on any atom is 0.147 e. The van der Waals surface area contributed by atoms with E-state index in [0.29, 0.717) is 22.4 Å². The fourth-order valence-electron chi connectivity index (χ4n) is 1.25. The van der Waals surface area contributed by atoms with E-state index in [2.05, 4.69) is 15.3 Å². The average molecular weight is 289 g/mol. The summed E-state index contributed by atoms with van der Waals surface area (Å²) >= 11 is 13.4. The van der Waals surface area contributed by atoms with Crippen molar-refractivity contribution in [1.29, 1.82) is 0 Å². The first-order valence-corrected chi connectivity index (χ1v) is 6.40. The van der Waals surface area contributed by atoms with E-state index in [4.69, 9.17) is 28.9 Å². The van der Waals surface area contributed by atoms with Crippen LogP contribution in [-0.2, 0) is 6.54 Å². The maximum absolute atomic E-state index is 5.99. The number of thiazole rings is 1. The lowest BCUT2D eigenvalue weighted by Crippen LogP contribution is -2.03. The normalized spacial score (nSPS) is 10.5. The monoisotopic (exact) mass is 288 g/mol. The highest BCUT2D eigenvalue weighted by Gasteiger charge is 2.07. The molecule has 3 N–H and O–H groups in total. The van der Waals surface area contributed by atoms with Gasteiger partial charge >= 0.3 is 0 Å². The predicted octanol–water partition coefficient (Wildman–Crippen LogP) is 3.35. The molecule has 0 aliphatic rings. The first-order valence-electron chi connectivity index (χ1n) is 4.83. The second-order valence-electron chi connectivity index (χ2n) is 3.40. The summed E-state index contributed by atoms with van der Waals surface area (Å²) in [5.74, 6) is 0.773. The Balaban J connectivity index is 2.11. The van der Waals surface area contributed by atoms with E-state index in [1.54, 1.807) is 17.4 Å². The Hall–Kier alpha value is -1.04. The number of hydrogen-bond donors (Lipinski definition) is 2. The van der Waals surface area contributed by atoms with Gasteiger partial charge in [-0.1, -0.05) is 23.2 Å². The molecule has 90 valence electrons. The van der Waals surface area contributed by atoms with Crippen LogP contribution < -0.4 is 11.1 Å². The van der Waals surface area contributed by atoms with Gasteiger partial charge in [0, 0.05) is 11.1 Å². The fourth-order valence-corrected chi connectivity index (χ4v) is 2.40. The number of halogens is 2. The zero-order valence-electron chi connectivity index (χ0n) is 9.00. The van der Waals surface area contributed by atoms with Gasteiger partial charge in [-0.25, -0.2) is 9.97 Å². The third kappa shape index (κ3) is 3.00. The zero-order valence-corrected chi connectivity index (χ0v) is 11.3. The molecule has 0 atom stereocenters. The van der Waals surface area contributed by atoms with Crippen LogP contribution in [0, 0.1) is 6.92 Å². The van der Waals surface area contributed by atoms with Crippen molar-refractivity contribution in [3.8, 4) is 0 Å². The highest BCUT2D eigenvalue weighted by atomic mass is 35.5. The van der Waals surface area contributed by atoms with Crippen LogP contribution in [0.2, 0.25) is 10.0 Å². The van der Waals surface area contributed by atoms with E-state index in [-0.39, 0.29) is 5.82 Å². The lowest BCUT2D eigenvalue weighted by molar-refractivity contribution is 1.08. The first-order chi connectivity index (χ1) is 8.06. The van der Waals surface area contributed by atoms with Gasteiger partial charge in [-0.2, -0.15) is 0 Å². The van der Waals surface area contributed by atoms with Crippen LogP contribution in [0.4, 0.5) is 11.6 Å². The second kappa shape index (κ2) is 5.08. The molecule has 0 radical (unpaired) electrons. The van der Waals surface area contributed by atoms with Crippen LogP contribution >= 0.6 is 34.5 Å². The molecule has 0 aromatic carbocycles. The van der Waals surface area contributed by atoms with E-state index in [1.807, 2.05) is 13.1 Å². The van der Waals surface area contributed by atoms with Gasteiger partial charge in [-0.3, -0.25) is 0 Å². The van der Waals surface area contributed by atoms with Gasteiger partial charge in [-0.15, -0.1) is 11.3 Å². The lowest BCUT2D eigenvalue weighted by Gasteiger charge is -2.07. The summed E-state index contributed by atoms with van der Waals surface area (Å²) in [4.78, 5) is 9.47. The average Bonchev–Trinajstić information content (AvgIpc) is 2.68. The predicted molar refractivity (Wildman–Crippen MR) is 72.8 cm³/mol. The fraction of sp³-hybridized carbons (Fsp3) is 0.200. The molecule has 7 heteroatoms. The molecule has 2 rings (SSSR count). The number of nitrogen functional groups attached to an aromatic ring is 1. The standard InChI is InChI=1S/C10H10Cl2N4S/c1-5-3-14-8(17-5)4-15-10-7(12)2-6(11)9(13)16-10/h2-3H,4H2,1H3,(H3,13,15,16). The topological polar surface area (TPSA) is 63.8 Å². The third-order valence-corrected chi connectivity index (χ3v) is 3.54. The van der Waals surface area contributed by atoms with Crippen molar-refractivity contribution in [3.05, 3.63) is 32.2 Å². The van der Waals surface area contributed by atoms with Gasteiger partial charge in [0.25, 0.3) is 0 Å². The van der Waals surface area contributed by atoms with E-state index >= 15 is 0 Å². The van der Waals surface area contributed by atoms with Gasteiger partial charge in [0.1, 0.15) is 16.6 Å². The molecule has 2 aromatic rings. The molecule has 0 aliphatic heterocycles. The molecule has 0 saturated carbocycles. The quantitative estimate of drug-likeness (QED) is 0.909. The molecule has 2 aromatic heterocycles. The van der Waals surface area contributed by atoms with Crippen molar-refractivity contribution in [2.24, 2.45) is 0 Å². The van der Waals surface area contributed by atoms with Crippen molar-refractivity contribution >= 4 is 46.2 Å². The van der Waals surface area contributed by atoms with Crippen LogP contribution in [0.3, 0.4) is 0 Å². The Labute approximate surface area is 113 Å². The number of pyridine rings is 1. The van der Waals surface area contributed by atoms with Crippen LogP contribution in [0.15, 0.2) is 12.3 Å². The molecule has 0 saturated heterocycles. The van der Waals surface area contributed by atoms with E-state index < -0.39 is 0 Å². The summed E-state index contributed by atoms with van der Waals surface area (Å²) in [7, 11) is 0. The zero-order chi connectivity index (χ0) is 12.4. The summed E-state index contributed by atoms with van der Waals surface area (Å²) in [6, 6.07) is 1.57. The Kier molecular flexibility index (Phi) is 3.71. The highest BCUT2D eigenvalue weighted by molar-refractivity contribution is 7.11. The Morgan fingerprint density at radius 2 is 2.18 bits per heavy atom. The second-order valence-corrected chi connectivity index (χ2v) is 5.54. The van der Waals surface area contributed by atoms with E-state index in [1.165, 1.54) is 0 Å². The number of anilines is 2. The summed E-state index contributed by atoms with van der Waals surface area (Å²) in [5, 5.41) is 4.84. The minimum atomic E-state index is 0.258. The first kappa shape index (κ1) is 12.4. The van der Waals surface area contributed by atoms with Crippen molar-refractivity contribution in [3.63, 3.8) is 0 Å². The van der Waals surface area contributed by atoms with E-state index in [9.17, 15) is 0 Å². The molecule has 2 heterocycles. The van der Waals surface area contributed by atoms with Gasteiger partial charge in [0.15, 0.2) is 0 Å². The summed E-state index contributed by atoms with van der Waals surface area (Å²) < 4.78 is 0. The summed E-state index contributed by atoms with van der Waals surface area (Å²) in [6.45, 7) is 2.57. The number of rotatable bonds is 3. The molecule has 17 heavy (non-hydrogen) atoms. The lowest BCUT2D eigenvalue weighted by atomic mass is 10.4. The number of hydrogen-bond acceptors (Lipinski definition) is 5. The van der Waals surface area contributed by atoms with Gasteiger partial charge in [0.2, 0.25) is 0 Å².